The van der Waals surface area contributed by atoms with Crippen molar-refractivity contribution in [2.75, 3.05) is 24.6 Å². The molecule has 1 aliphatic rings. The molecule has 0 amide bonds. The van der Waals surface area contributed by atoms with Crippen LogP contribution >= 0.6 is 0 Å². The molecule has 3 rings (SSSR count). The average molecular weight is 360 g/mol. The third kappa shape index (κ3) is 4.36. The van der Waals surface area contributed by atoms with Crippen molar-refractivity contribution >= 4 is 5.69 Å². The summed E-state index contributed by atoms with van der Waals surface area (Å²) in [6.45, 7) is 2.09. The van der Waals surface area contributed by atoms with Gasteiger partial charge in [0, 0.05) is 24.7 Å². The van der Waals surface area contributed by atoms with Crippen molar-refractivity contribution in [2.45, 2.75) is 19.2 Å². The minimum Gasteiger partial charge on any atom is -0.376 e. The van der Waals surface area contributed by atoms with E-state index in [0.717, 1.165) is 18.1 Å². The summed E-state index contributed by atoms with van der Waals surface area (Å²) in [6, 6.07) is 15.3. The van der Waals surface area contributed by atoms with Crippen LogP contribution in [0.5, 0.6) is 0 Å². The summed E-state index contributed by atoms with van der Waals surface area (Å²) in [6.07, 6.45) is -3.70. The van der Waals surface area contributed by atoms with Gasteiger partial charge in [-0.1, -0.05) is 30.3 Å². The van der Waals surface area contributed by atoms with Gasteiger partial charge < -0.3 is 9.64 Å². The van der Waals surface area contributed by atoms with E-state index in [4.69, 9.17) is 10.00 Å². The van der Waals surface area contributed by atoms with Crippen molar-refractivity contribution in [1.82, 2.24) is 0 Å². The monoisotopic (exact) mass is 360 g/mol. The molecule has 1 fully saturated rings. The van der Waals surface area contributed by atoms with E-state index in [-0.39, 0.29) is 17.2 Å². The van der Waals surface area contributed by atoms with Crippen molar-refractivity contribution < 1.29 is 17.9 Å². The molecule has 0 aromatic heterocycles. The molecule has 0 spiro atoms. The zero-order valence-electron chi connectivity index (χ0n) is 14.2. The van der Waals surface area contributed by atoms with E-state index in [0.29, 0.717) is 26.3 Å². The summed E-state index contributed by atoms with van der Waals surface area (Å²) in [5, 5.41) is 8.87. The van der Waals surface area contributed by atoms with Crippen LogP contribution in [0.3, 0.4) is 0 Å². The minimum absolute atomic E-state index is 0.0167. The van der Waals surface area contributed by atoms with Gasteiger partial charge in [-0.15, -0.1) is 0 Å². The Labute approximate surface area is 150 Å². The molecule has 136 valence electrons. The molecule has 1 aliphatic heterocycles. The Bertz CT molecular complexity index is 784. The number of hydrogen-bond donors (Lipinski definition) is 0. The van der Waals surface area contributed by atoms with E-state index in [1.54, 1.807) is 11.0 Å². The third-order valence-electron chi connectivity index (χ3n) is 4.52. The van der Waals surface area contributed by atoms with Crippen LogP contribution < -0.4 is 4.90 Å². The van der Waals surface area contributed by atoms with Crippen molar-refractivity contribution in [3.63, 3.8) is 0 Å². The Morgan fingerprint density at radius 1 is 1.15 bits per heavy atom. The van der Waals surface area contributed by atoms with Gasteiger partial charge in [-0.2, -0.15) is 18.4 Å². The Balaban J connectivity index is 1.63. The molecule has 1 heterocycles. The summed E-state index contributed by atoms with van der Waals surface area (Å²) in [4.78, 5) is 1.74. The van der Waals surface area contributed by atoms with Crippen molar-refractivity contribution in [1.29, 1.82) is 5.26 Å². The molecular formula is C20H19F3N2O. The van der Waals surface area contributed by atoms with Crippen LogP contribution in [-0.4, -0.2) is 19.7 Å². The SMILES string of the molecule is N#Cc1ccc(N2CCC(COCc3ccccc3)C2)c(C(F)(F)F)c1. The Morgan fingerprint density at radius 2 is 1.92 bits per heavy atom. The predicted octanol–water partition coefficient (Wildman–Crippen LogP) is 4.62. The molecule has 6 heteroatoms. The smallest absolute Gasteiger partial charge is 0.376 e. The maximum absolute atomic E-state index is 13.3. The number of nitrogens with zero attached hydrogens (tertiary/aromatic N) is 2. The summed E-state index contributed by atoms with van der Waals surface area (Å²) in [5.74, 6) is 0.190. The fourth-order valence-electron chi connectivity index (χ4n) is 3.21. The number of nitriles is 1. The second-order valence-corrected chi connectivity index (χ2v) is 6.44. The van der Waals surface area contributed by atoms with Gasteiger partial charge in [-0.05, 0) is 30.2 Å². The number of benzene rings is 2. The van der Waals surface area contributed by atoms with E-state index in [1.165, 1.54) is 12.1 Å². The minimum atomic E-state index is -4.48. The van der Waals surface area contributed by atoms with Crippen molar-refractivity contribution in [3.8, 4) is 6.07 Å². The fourth-order valence-corrected chi connectivity index (χ4v) is 3.21. The van der Waals surface area contributed by atoms with Gasteiger partial charge >= 0.3 is 6.18 Å². The molecule has 3 nitrogen and oxygen atoms in total. The number of anilines is 1. The maximum atomic E-state index is 13.3. The number of rotatable bonds is 5. The van der Waals surface area contributed by atoms with E-state index in [1.807, 2.05) is 30.3 Å². The normalized spacial score (nSPS) is 17.3. The Morgan fingerprint density at radius 3 is 2.62 bits per heavy atom. The molecule has 0 N–H and O–H groups in total. The van der Waals surface area contributed by atoms with Crippen molar-refractivity contribution in [2.24, 2.45) is 5.92 Å². The summed E-state index contributed by atoms with van der Waals surface area (Å²) < 4.78 is 45.8. The van der Waals surface area contributed by atoms with Gasteiger partial charge in [-0.3, -0.25) is 0 Å². The molecule has 0 bridgehead atoms. The number of ether oxygens (including phenoxy) is 1. The van der Waals surface area contributed by atoms with E-state index >= 15 is 0 Å². The van der Waals surface area contributed by atoms with E-state index in [9.17, 15) is 13.2 Å². The van der Waals surface area contributed by atoms with Crippen LogP contribution in [0.2, 0.25) is 0 Å². The summed E-state index contributed by atoms with van der Waals surface area (Å²) in [7, 11) is 0. The number of halogens is 3. The van der Waals surface area contributed by atoms with Gasteiger partial charge in [0.25, 0.3) is 0 Å². The van der Waals surface area contributed by atoms with Gasteiger partial charge in [0.15, 0.2) is 0 Å². The van der Waals surface area contributed by atoms with Crippen LogP contribution in [-0.2, 0) is 17.5 Å². The molecular weight excluding hydrogens is 341 g/mol. The van der Waals surface area contributed by atoms with Gasteiger partial charge in [-0.25, -0.2) is 0 Å². The highest BCUT2D eigenvalue weighted by Gasteiger charge is 2.36. The first-order chi connectivity index (χ1) is 12.5. The first-order valence-electron chi connectivity index (χ1n) is 8.45. The molecule has 1 saturated heterocycles. The maximum Gasteiger partial charge on any atom is 0.418 e. The van der Waals surface area contributed by atoms with Crippen LogP contribution in [0, 0.1) is 17.2 Å². The third-order valence-corrected chi connectivity index (χ3v) is 4.52. The molecule has 0 aliphatic carbocycles. The van der Waals surface area contributed by atoms with Gasteiger partial charge in [0.05, 0.1) is 30.4 Å². The molecule has 2 aromatic carbocycles. The number of hydrogen-bond acceptors (Lipinski definition) is 3. The predicted molar refractivity (Wildman–Crippen MR) is 92.6 cm³/mol. The highest BCUT2D eigenvalue weighted by atomic mass is 19.4. The zero-order valence-corrected chi connectivity index (χ0v) is 14.2. The first kappa shape index (κ1) is 18.3. The lowest BCUT2D eigenvalue weighted by Gasteiger charge is -2.23. The highest BCUT2D eigenvalue weighted by molar-refractivity contribution is 5.58. The molecule has 26 heavy (non-hydrogen) atoms. The largest absolute Gasteiger partial charge is 0.418 e. The average Bonchev–Trinajstić information content (AvgIpc) is 3.10. The van der Waals surface area contributed by atoms with Crippen LogP contribution in [0.15, 0.2) is 48.5 Å². The van der Waals surface area contributed by atoms with Gasteiger partial charge in [0.1, 0.15) is 0 Å². The molecule has 0 saturated carbocycles. The molecule has 2 aromatic rings. The Kier molecular flexibility index (Phi) is 5.48. The molecule has 1 unspecified atom stereocenters. The first-order valence-corrected chi connectivity index (χ1v) is 8.45. The molecule has 1 atom stereocenters. The van der Waals surface area contributed by atoms with Crippen LogP contribution in [0.4, 0.5) is 18.9 Å². The summed E-state index contributed by atoms with van der Waals surface area (Å²) in [5.41, 5.74) is 0.487. The van der Waals surface area contributed by atoms with Gasteiger partial charge in [0.2, 0.25) is 0 Å². The quantitative estimate of drug-likeness (QED) is 0.781. The Hall–Kier alpha value is -2.52. The lowest BCUT2D eigenvalue weighted by Crippen LogP contribution is -2.24. The highest BCUT2D eigenvalue weighted by Crippen LogP contribution is 2.38. The topological polar surface area (TPSA) is 36.3 Å². The van der Waals surface area contributed by atoms with Crippen LogP contribution in [0.25, 0.3) is 0 Å². The second kappa shape index (κ2) is 7.79. The lowest BCUT2D eigenvalue weighted by molar-refractivity contribution is -0.137. The van der Waals surface area contributed by atoms with Crippen LogP contribution in [0.1, 0.15) is 23.1 Å². The standard InChI is InChI=1S/C20H19F3N2O/c21-20(22,23)18-10-16(11-24)6-7-19(18)25-9-8-17(12-25)14-26-13-15-4-2-1-3-5-15/h1-7,10,17H,8-9,12-14H2. The fraction of sp³-hybridized carbons (Fsp3) is 0.350. The summed E-state index contributed by atoms with van der Waals surface area (Å²) >= 11 is 0. The van der Waals surface area contributed by atoms with E-state index < -0.39 is 11.7 Å². The van der Waals surface area contributed by atoms with Crippen molar-refractivity contribution in [3.05, 3.63) is 65.2 Å². The molecule has 0 radical (unpaired) electrons. The second-order valence-electron chi connectivity index (χ2n) is 6.44. The van der Waals surface area contributed by atoms with E-state index in [2.05, 4.69) is 0 Å². The lowest BCUT2D eigenvalue weighted by atomic mass is 10.1. The number of alkyl halides is 3. The zero-order chi connectivity index (χ0) is 18.6.